The van der Waals surface area contributed by atoms with E-state index >= 15 is 0 Å². The largest absolute Gasteiger partial charge is 0.469 e. The molecule has 2 atom stereocenters. The number of hydrogen-bond donors (Lipinski definition) is 0. The Morgan fingerprint density at radius 3 is 1.27 bits per heavy atom. The predicted molar refractivity (Wildman–Crippen MR) is 133 cm³/mol. The van der Waals surface area contributed by atoms with Crippen molar-refractivity contribution in [1.29, 1.82) is 0 Å². The van der Waals surface area contributed by atoms with Crippen LogP contribution in [0, 0.1) is 11.8 Å². The Hall–Kier alpha value is -0.530. The molecule has 0 aromatic heterocycles. The minimum Gasteiger partial charge on any atom is -0.469 e. The molecule has 0 fully saturated rings. The number of unbranched alkanes of at least 4 members (excludes halogenated alkanes) is 16. The molecule has 180 valence electrons. The molecule has 0 spiro atoms. The molecule has 0 bridgehead atoms. The highest BCUT2D eigenvalue weighted by Gasteiger charge is 2.11. The maximum absolute atomic E-state index is 11.4. The van der Waals surface area contributed by atoms with Crippen molar-refractivity contribution in [3.63, 3.8) is 0 Å². The molecule has 2 nitrogen and oxygen atoms in total. The fourth-order valence-corrected chi connectivity index (χ4v) is 4.45. The van der Waals surface area contributed by atoms with E-state index in [0.29, 0.717) is 0 Å². The van der Waals surface area contributed by atoms with Crippen molar-refractivity contribution in [2.24, 2.45) is 11.8 Å². The molecule has 0 heterocycles. The van der Waals surface area contributed by atoms with Crippen molar-refractivity contribution in [3.05, 3.63) is 0 Å². The van der Waals surface area contributed by atoms with Crippen LogP contribution >= 0.6 is 0 Å². The average Bonchev–Trinajstić information content (AvgIpc) is 2.75. The molecule has 30 heavy (non-hydrogen) atoms. The summed E-state index contributed by atoms with van der Waals surface area (Å²) in [7, 11) is 1.48. The van der Waals surface area contributed by atoms with Crippen LogP contribution in [0.4, 0.5) is 0 Å². The highest BCUT2D eigenvalue weighted by atomic mass is 16.5. The summed E-state index contributed by atoms with van der Waals surface area (Å²) in [4.78, 5) is 11.4. The van der Waals surface area contributed by atoms with Crippen LogP contribution in [-0.2, 0) is 9.53 Å². The van der Waals surface area contributed by atoms with Crippen molar-refractivity contribution in [2.75, 3.05) is 7.11 Å². The summed E-state index contributed by atoms with van der Waals surface area (Å²) < 4.78 is 4.78. The van der Waals surface area contributed by atoms with Gasteiger partial charge in [-0.15, -0.1) is 0 Å². The number of carbonyl (C=O) groups is 1. The van der Waals surface area contributed by atoms with E-state index in [0.717, 1.165) is 18.8 Å². The van der Waals surface area contributed by atoms with Gasteiger partial charge in [-0.2, -0.15) is 0 Å². The molecule has 2 unspecified atom stereocenters. The fraction of sp³-hybridized carbons (Fsp3) is 0.964. The molecular formula is C28H56O2. The Morgan fingerprint density at radius 1 is 0.567 bits per heavy atom. The van der Waals surface area contributed by atoms with Crippen LogP contribution < -0.4 is 0 Å². The topological polar surface area (TPSA) is 26.3 Å². The summed E-state index contributed by atoms with van der Waals surface area (Å²) in [5, 5.41) is 0. The van der Waals surface area contributed by atoms with Crippen molar-refractivity contribution in [3.8, 4) is 0 Å². The van der Waals surface area contributed by atoms with Gasteiger partial charge in [0, 0.05) is 0 Å². The summed E-state index contributed by atoms with van der Waals surface area (Å²) in [5.41, 5.74) is 0. The Kier molecular flexibility index (Phi) is 22.7. The number of methoxy groups -OCH3 is 1. The van der Waals surface area contributed by atoms with E-state index in [4.69, 9.17) is 4.74 Å². The van der Waals surface area contributed by atoms with Gasteiger partial charge in [-0.05, 0) is 12.3 Å². The molecule has 0 N–H and O–H groups in total. The number of rotatable bonds is 23. The zero-order valence-electron chi connectivity index (χ0n) is 21.3. The van der Waals surface area contributed by atoms with Crippen molar-refractivity contribution < 1.29 is 9.53 Å². The zero-order chi connectivity index (χ0) is 22.3. The summed E-state index contributed by atoms with van der Waals surface area (Å²) >= 11 is 0. The summed E-state index contributed by atoms with van der Waals surface area (Å²) in [6.07, 6.45) is 29.1. The van der Waals surface area contributed by atoms with Gasteiger partial charge in [0.1, 0.15) is 0 Å². The first-order chi connectivity index (χ1) is 14.6. The van der Waals surface area contributed by atoms with Crippen LogP contribution in [0.5, 0.6) is 0 Å². The van der Waals surface area contributed by atoms with E-state index < -0.39 is 0 Å². The van der Waals surface area contributed by atoms with Crippen LogP contribution in [0.3, 0.4) is 0 Å². The van der Waals surface area contributed by atoms with Gasteiger partial charge in [0.2, 0.25) is 0 Å². The molecule has 0 aliphatic carbocycles. The molecule has 2 heteroatoms. The van der Waals surface area contributed by atoms with Gasteiger partial charge < -0.3 is 4.74 Å². The lowest BCUT2D eigenvalue weighted by molar-refractivity contribution is -0.145. The molecule has 0 saturated carbocycles. The standard InChI is InChI=1S/C28H56O2/c1-5-6-7-8-9-10-11-12-13-14-15-17-20-23-26(2)24-21-18-16-19-22-25-27(3)28(29)30-4/h26-27H,5-25H2,1-4H3. The summed E-state index contributed by atoms with van der Waals surface area (Å²) in [5.74, 6) is 0.907. The van der Waals surface area contributed by atoms with Crippen LogP contribution in [0.25, 0.3) is 0 Å². The van der Waals surface area contributed by atoms with Crippen molar-refractivity contribution >= 4 is 5.97 Å². The van der Waals surface area contributed by atoms with Gasteiger partial charge in [0.25, 0.3) is 0 Å². The Balaban J connectivity index is 3.24. The Bertz CT molecular complexity index is 353. The van der Waals surface area contributed by atoms with Crippen LogP contribution in [-0.4, -0.2) is 13.1 Å². The highest BCUT2D eigenvalue weighted by Crippen LogP contribution is 2.19. The minimum atomic E-state index is -0.0583. The van der Waals surface area contributed by atoms with Gasteiger partial charge in [0.15, 0.2) is 0 Å². The second-order valence-corrected chi connectivity index (χ2v) is 9.91. The molecule has 0 aromatic carbocycles. The lowest BCUT2D eigenvalue weighted by Gasteiger charge is -2.11. The third kappa shape index (κ3) is 20.7. The van der Waals surface area contributed by atoms with Crippen LogP contribution in [0.1, 0.15) is 156 Å². The van der Waals surface area contributed by atoms with Crippen LogP contribution in [0.2, 0.25) is 0 Å². The SMILES string of the molecule is CCCCCCCCCCCCCCCC(C)CCCCCCCC(C)C(=O)OC. The number of hydrogen-bond acceptors (Lipinski definition) is 2. The fourth-order valence-electron chi connectivity index (χ4n) is 4.45. The lowest BCUT2D eigenvalue weighted by Crippen LogP contribution is -2.12. The van der Waals surface area contributed by atoms with E-state index in [1.54, 1.807) is 0 Å². The third-order valence-corrected chi connectivity index (χ3v) is 6.74. The Labute approximate surface area is 190 Å². The number of carbonyl (C=O) groups excluding carboxylic acids is 1. The molecule has 0 aromatic rings. The predicted octanol–water partition coefficient (Wildman–Crippen LogP) is 9.64. The smallest absolute Gasteiger partial charge is 0.308 e. The van der Waals surface area contributed by atoms with Crippen LogP contribution in [0.15, 0.2) is 0 Å². The highest BCUT2D eigenvalue weighted by molar-refractivity contribution is 5.71. The summed E-state index contributed by atoms with van der Waals surface area (Å²) in [6.45, 7) is 6.71. The van der Waals surface area contributed by atoms with E-state index in [9.17, 15) is 4.79 Å². The first-order valence-corrected chi connectivity index (χ1v) is 13.7. The molecule has 0 amide bonds. The minimum absolute atomic E-state index is 0.0583. The number of esters is 1. The Morgan fingerprint density at radius 2 is 0.900 bits per heavy atom. The van der Waals surface area contributed by atoms with Gasteiger partial charge in [0.05, 0.1) is 13.0 Å². The van der Waals surface area contributed by atoms with Gasteiger partial charge >= 0.3 is 5.97 Å². The molecule has 0 aliphatic heterocycles. The zero-order valence-corrected chi connectivity index (χ0v) is 21.3. The van der Waals surface area contributed by atoms with Gasteiger partial charge in [-0.3, -0.25) is 4.79 Å². The maximum Gasteiger partial charge on any atom is 0.308 e. The molecule has 0 radical (unpaired) electrons. The van der Waals surface area contributed by atoms with E-state index in [2.05, 4.69) is 13.8 Å². The molecule has 0 saturated heterocycles. The normalized spacial score (nSPS) is 13.3. The van der Waals surface area contributed by atoms with Crippen molar-refractivity contribution in [1.82, 2.24) is 0 Å². The quantitative estimate of drug-likeness (QED) is 0.120. The molecule has 0 rings (SSSR count). The summed E-state index contributed by atoms with van der Waals surface area (Å²) in [6, 6.07) is 0. The monoisotopic (exact) mass is 424 g/mol. The molecular weight excluding hydrogens is 368 g/mol. The van der Waals surface area contributed by atoms with E-state index in [1.807, 2.05) is 6.92 Å². The lowest BCUT2D eigenvalue weighted by atomic mass is 9.95. The number of ether oxygens (including phenoxy) is 1. The van der Waals surface area contributed by atoms with E-state index in [-0.39, 0.29) is 11.9 Å². The second-order valence-electron chi connectivity index (χ2n) is 9.91. The van der Waals surface area contributed by atoms with Gasteiger partial charge in [-0.25, -0.2) is 0 Å². The van der Waals surface area contributed by atoms with E-state index in [1.165, 1.54) is 129 Å². The average molecular weight is 425 g/mol. The maximum atomic E-state index is 11.4. The molecule has 0 aliphatic rings. The second kappa shape index (κ2) is 23.1. The van der Waals surface area contributed by atoms with Crippen molar-refractivity contribution in [2.45, 2.75) is 156 Å². The first-order valence-electron chi connectivity index (χ1n) is 13.7. The van der Waals surface area contributed by atoms with Gasteiger partial charge in [-0.1, -0.05) is 149 Å². The first kappa shape index (κ1) is 29.5. The third-order valence-electron chi connectivity index (χ3n) is 6.74.